The first-order chi connectivity index (χ1) is 8.80. The molecule has 3 N–H and O–H groups in total. The molecule has 0 aromatic heterocycles. The number of rotatable bonds is 4. The zero-order valence-electron chi connectivity index (χ0n) is 12.2. The number of aliphatic hydroxyl groups is 1. The third-order valence-electron chi connectivity index (χ3n) is 3.39. The lowest BCUT2D eigenvalue weighted by molar-refractivity contribution is -0.128. The minimum absolute atomic E-state index is 0.0574. The third-order valence-corrected chi connectivity index (χ3v) is 3.39. The second-order valence-corrected chi connectivity index (χ2v) is 6.28. The second kappa shape index (κ2) is 6.89. The Kier molecular flexibility index (Phi) is 5.79. The molecule has 110 valence electrons. The van der Waals surface area contributed by atoms with Gasteiger partial charge in [-0.3, -0.25) is 9.59 Å². The van der Waals surface area contributed by atoms with Gasteiger partial charge in [-0.15, -0.1) is 0 Å². The minimum Gasteiger partial charge on any atom is -0.391 e. The van der Waals surface area contributed by atoms with Crippen molar-refractivity contribution >= 4 is 11.8 Å². The summed E-state index contributed by atoms with van der Waals surface area (Å²) in [4.78, 5) is 23.3. The maximum atomic E-state index is 11.7. The average Bonchev–Trinajstić information content (AvgIpc) is 2.31. The normalized spacial score (nSPS) is 23.8. The van der Waals surface area contributed by atoms with Gasteiger partial charge in [0.05, 0.1) is 12.1 Å². The van der Waals surface area contributed by atoms with E-state index in [1.807, 2.05) is 20.8 Å². The van der Waals surface area contributed by atoms with Crippen molar-refractivity contribution in [3.63, 3.8) is 0 Å². The summed E-state index contributed by atoms with van der Waals surface area (Å²) in [6, 6.07) is -0.125. The van der Waals surface area contributed by atoms with Crippen LogP contribution in [0.15, 0.2) is 0 Å². The highest BCUT2D eigenvalue weighted by atomic mass is 16.3. The molecule has 1 saturated carbocycles. The Morgan fingerprint density at radius 2 is 1.84 bits per heavy atom. The lowest BCUT2D eigenvalue weighted by atomic mass is 9.92. The Labute approximate surface area is 115 Å². The van der Waals surface area contributed by atoms with Crippen molar-refractivity contribution in [1.82, 2.24) is 10.6 Å². The van der Waals surface area contributed by atoms with E-state index in [0.717, 1.165) is 25.7 Å². The van der Waals surface area contributed by atoms with Crippen LogP contribution in [0.4, 0.5) is 0 Å². The summed E-state index contributed by atoms with van der Waals surface area (Å²) in [5.74, 6) is -0.168. The van der Waals surface area contributed by atoms with Gasteiger partial charge in [-0.1, -0.05) is 33.6 Å². The summed E-state index contributed by atoms with van der Waals surface area (Å²) < 4.78 is 0. The van der Waals surface area contributed by atoms with Crippen molar-refractivity contribution in [2.45, 2.75) is 65.0 Å². The van der Waals surface area contributed by atoms with Crippen LogP contribution in [0.25, 0.3) is 0 Å². The SMILES string of the molecule is CC(C)(C)C(=O)NCCC(=O)N[C@H]1CCCC[C@@H]1O. The number of hydrogen-bond acceptors (Lipinski definition) is 3. The topological polar surface area (TPSA) is 78.4 Å². The van der Waals surface area contributed by atoms with Gasteiger partial charge in [-0.05, 0) is 12.8 Å². The first-order valence-electron chi connectivity index (χ1n) is 7.06. The van der Waals surface area contributed by atoms with E-state index in [4.69, 9.17) is 0 Å². The van der Waals surface area contributed by atoms with Crippen LogP contribution in [0, 0.1) is 5.41 Å². The van der Waals surface area contributed by atoms with Gasteiger partial charge in [-0.2, -0.15) is 0 Å². The summed E-state index contributed by atoms with van der Waals surface area (Å²) in [5.41, 5.74) is -0.434. The molecule has 1 rings (SSSR count). The monoisotopic (exact) mass is 270 g/mol. The molecular formula is C14H26N2O3. The van der Waals surface area contributed by atoms with Crippen molar-refractivity contribution in [1.29, 1.82) is 0 Å². The van der Waals surface area contributed by atoms with Crippen molar-refractivity contribution in [2.75, 3.05) is 6.54 Å². The Morgan fingerprint density at radius 1 is 1.21 bits per heavy atom. The van der Waals surface area contributed by atoms with E-state index in [0.29, 0.717) is 6.54 Å². The van der Waals surface area contributed by atoms with Crippen molar-refractivity contribution in [3.05, 3.63) is 0 Å². The maximum absolute atomic E-state index is 11.7. The standard InChI is InChI=1S/C14H26N2O3/c1-14(2,3)13(19)15-9-8-12(18)16-10-6-4-5-7-11(10)17/h10-11,17H,4-9H2,1-3H3,(H,15,19)(H,16,18)/t10-,11-/m0/s1. The van der Waals surface area contributed by atoms with Gasteiger partial charge < -0.3 is 15.7 Å². The fraction of sp³-hybridized carbons (Fsp3) is 0.857. The summed E-state index contributed by atoms with van der Waals surface area (Å²) >= 11 is 0. The summed E-state index contributed by atoms with van der Waals surface area (Å²) in [5, 5.41) is 15.3. The maximum Gasteiger partial charge on any atom is 0.225 e. The quantitative estimate of drug-likeness (QED) is 0.712. The molecule has 0 saturated heterocycles. The first-order valence-corrected chi connectivity index (χ1v) is 7.06. The zero-order valence-corrected chi connectivity index (χ0v) is 12.2. The van der Waals surface area contributed by atoms with Crippen molar-refractivity contribution in [3.8, 4) is 0 Å². The molecule has 1 aliphatic rings. The summed E-state index contributed by atoms with van der Waals surface area (Å²) in [7, 11) is 0. The Balaban J connectivity index is 2.23. The molecule has 1 fully saturated rings. The van der Waals surface area contributed by atoms with Crippen LogP contribution in [0.5, 0.6) is 0 Å². The zero-order chi connectivity index (χ0) is 14.5. The lowest BCUT2D eigenvalue weighted by Gasteiger charge is -2.28. The summed E-state index contributed by atoms with van der Waals surface area (Å²) in [6.45, 7) is 5.84. The molecule has 5 heteroatoms. The van der Waals surface area contributed by atoms with Gasteiger partial charge in [0.25, 0.3) is 0 Å². The molecule has 0 radical (unpaired) electrons. The predicted octanol–water partition coefficient (Wildman–Crippen LogP) is 0.958. The molecule has 0 aromatic rings. The van der Waals surface area contributed by atoms with E-state index < -0.39 is 11.5 Å². The highest BCUT2D eigenvalue weighted by molar-refractivity contribution is 5.82. The van der Waals surface area contributed by atoms with Gasteiger partial charge in [0.1, 0.15) is 0 Å². The van der Waals surface area contributed by atoms with Crippen LogP contribution >= 0.6 is 0 Å². The van der Waals surface area contributed by atoms with Crippen LogP contribution in [-0.4, -0.2) is 35.6 Å². The second-order valence-electron chi connectivity index (χ2n) is 6.28. The smallest absolute Gasteiger partial charge is 0.225 e. The third kappa shape index (κ3) is 5.59. The highest BCUT2D eigenvalue weighted by Gasteiger charge is 2.24. The average molecular weight is 270 g/mol. The molecule has 19 heavy (non-hydrogen) atoms. The van der Waals surface area contributed by atoms with Crippen LogP contribution in [0.1, 0.15) is 52.9 Å². The molecule has 0 spiro atoms. The molecule has 0 aromatic carbocycles. The Hall–Kier alpha value is -1.10. The molecule has 1 aliphatic carbocycles. The van der Waals surface area contributed by atoms with Gasteiger partial charge in [0.2, 0.25) is 11.8 Å². The number of carbonyl (C=O) groups is 2. The minimum atomic E-state index is -0.434. The van der Waals surface area contributed by atoms with E-state index in [-0.39, 0.29) is 24.3 Å². The fourth-order valence-electron chi connectivity index (χ4n) is 2.11. The Morgan fingerprint density at radius 3 is 2.42 bits per heavy atom. The molecule has 0 aliphatic heterocycles. The molecule has 0 bridgehead atoms. The molecular weight excluding hydrogens is 244 g/mol. The molecule has 2 amide bonds. The van der Waals surface area contributed by atoms with Crippen LogP contribution < -0.4 is 10.6 Å². The van der Waals surface area contributed by atoms with Crippen molar-refractivity contribution in [2.24, 2.45) is 5.41 Å². The van der Waals surface area contributed by atoms with Crippen LogP contribution in [0.2, 0.25) is 0 Å². The molecule has 0 heterocycles. The van der Waals surface area contributed by atoms with Crippen molar-refractivity contribution < 1.29 is 14.7 Å². The van der Waals surface area contributed by atoms with Gasteiger partial charge in [0.15, 0.2) is 0 Å². The number of aliphatic hydroxyl groups excluding tert-OH is 1. The van der Waals surface area contributed by atoms with Gasteiger partial charge >= 0.3 is 0 Å². The van der Waals surface area contributed by atoms with E-state index in [1.54, 1.807) is 0 Å². The van der Waals surface area contributed by atoms with Crippen LogP contribution in [-0.2, 0) is 9.59 Å². The lowest BCUT2D eigenvalue weighted by Crippen LogP contribution is -2.46. The number of nitrogens with one attached hydrogen (secondary N) is 2. The van der Waals surface area contributed by atoms with Gasteiger partial charge in [0, 0.05) is 18.4 Å². The molecule has 2 atom stereocenters. The number of amides is 2. The van der Waals surface area contributed by atoms with Gasteiger partial charge in [-0.25, -0.2) is 0 Å². The molecule has 0 unspecified atom stereocenters. The highest BCUT2D eigenvalue weighted by Crippen LogP contribution is 2.18. The van der Waals surface area contributed by atoms with E-state index >= 15 is 0 Å². The number of carbonyl (C=O) groups excluding carboxylic acids is 2. The Bertz CT molecular complexity index is 323. The van der Waals surface area contributed by atoms with E-state index in [1.165, 1.54) is 0 Å². The summed E-state index contributed by atoms with van der Waals surface area (Å²) in [6.07, 6.45) is 3.48. The first kappa shape index (κ1) is 16.0. The fourth-order valence-corrected chi connectivity index (χ4v) is 2.11. The van der Waals surface area contributed by atoms with Crippen LogP contribution in [0.3, 0.4) is 0 Å². The predicted molar refractivity (Wildman–Crippen MR) is 73.5 cm³/mol. The van der Waals surface area contributed by atoms with E-state index in [9.17, 15) is 14.7 Å². The number of hydrogen-bond donors (Lipinski definition) is 3. The molecule has 5 nitrogen and oxygen atoms in total. The van der Waals surface area contributed by atoms with E-state index in [2.05, 4.69) is 10.6 Å². The largest absolute Gasteiger partial charge is 0.391 e.